The molecule has 1 heterocycles. The molecular formula is C14H27BO4. The Hall–Kier alpha value is -0.545. The molecular weight excluding hydrogens is 243 g/mol. The maximum atomic E-state index is 10.9. The van der Waals surface area contributed by atoms with Gasteiger partial charge in [-0.25, -0.2) is 0 Å². The summed E-state index contributed by atoms with van der Waals surface area (Å²) in [7, 11) is 1.34. The first-order valence-electron chi connectivity index (χ1n) is 7.21. The van der Waals surface area contributed by atoms with E-state index in [4.69, 9.17) is 9.31 Å². The highest BCUT2D eigenvalue weighted by molar-refractivity contribution is 6.45. The molecule has 110 valence electrons. The fourth-order valence-corrected chi connectivity index (χ4v) is 2.12. The van der Waals surface area contributed by atoms with Gasteiger partial charge in [0.1, 0.15) is 0 Å². The van der Waals surface area contributed by atoms with E-state index in [1.54, 1.807) is 0 Å². The minimum Gasteiger partial charge on any atom is -0.469 e. The molecule has 1 rings (SSSR count). The molecule has 19 heavy (non-hydrogen) atoms. The van der Waals surface area contributed by atoms with E-state index < -0.39 is 0 Å². The Morgan fingerprint density at radius 3 is 2.05 bits per heavy atom. The Balaban J connectivity index is 2.10. The highest BCUT2D eigenvalue weighted by Crippen LogP contribution is 2.38. The van der Waals surface area contributed by atoms with E-state index in [0.29, 0.717) is 6.42 Å². The van der Waals surface area contributed by atoms with Crippen molar-refractivity contribution in [3.05, 3.63) is 0 Å². The molecule has 0 atom stereocenters. The number of esters is 1. The van der Waals surface area contributed by atoms with Crippen molar-refractivity contribution in [1.29, 1.82) is 0 Å². The van der Waals surface area contributed by atoms with Gasteiger partial charge in [-0.2, -0.15) is 0 Å². The molecule has 1 aliphatic heterocycles. The summed E-state index contributed by atoms with van der Waals surface area (Å²) in [5, 5.41) is 0. The van der Waals surface area contributed by atoms with Gasteiger partial charge >= 0.3 is 13.1 Å². The normalized spacial score (nSPS) is 20.6. The predicted octanol–water partition coefficient (Wildman–Crippen LogP) is 3.20. The lowest BCUT2D eigenvalue weighted by molar-refractivity contribution is -0.140. The first-order chi connectivity index (χ1) is 8.78. The minimum atomic E-state index is -0.234. The van der Waals surface area contributed by atoms with E-state index in [-0.39, 0.29) is 24.3 Å². The van der Waals surface area contributed by atoms with Crippen molar-refractivity contribution in [2.45, 2.75) is 77.3 Å². The summed E-state index contributed by atoms with van der Waals surface area (Å²) in [6, 6.07) is 0. The molecule has 1 fully saturated rings. The molecule has 0 unspecified atom stereocenters. The molecule has 0 N–H and O–H groups in total. The van der Waals surface area contributed by atoms with Gasteiger partial charge in [-0.1, -0.05) is 19.3 Å². The second-order valence-electron chi connectivity index (χ2n) is 6.21. The van der Waals surface area contributed by atoms with Crippen molar-refractivity contribution in [2.24, 2.45) is 0 Å². The Morgan fingerprint density at radius 1 is 1.00 bits per heavy atom. The van der Waals surface area contributed by atoms with E-state index in [9.17, 15) is 4.79 Å². The molecule has 0 saturated carbocycles. The number of ether oxygens (including phenoxy) is 1. The summed E-state index contributed by atoms with van der Waals surface area (Å²) < 4.78 is 16.5. The Bertz CT molecular complexity index is 286. The molecule has 0 aromatic carbocycles. The Morgan fingerprint density at radius 2 is 1.53 bits per heavy atom. The standard InChI is InChI=1S/C14H27BO4/c1-13(2)14(3,4)19-15(18-13)11-9-7-6-8-10-12(16)17-5/h6-11H2,1-5H3. The van der Waals surface area contributed by atoms with E-state index >= 15 is 0 Å². The van der Waals surface area contributed by atoms with Crippen molar-refractivity contribution in [2.75, 3.05) is 7.11 Å². The fourth-order valence-electron chi connectivity index (χ4n) is 2.12. The van der Waals surface area contributed by atoms with Crippen molar-refractivity contribution in [1.82, 2.24) is 0 Å². The van der Waals surface area contributed by atoms with Gasteiger partial charge in [0.05, 0.1) is 18.3 Å². The molecule has 1 saturated heterocycles. The first-order valence-corrected chi connectivity index (χ1v) is 7.21. The number of methoxy groups -OCH3 is 1. The zero-order valence-electron chi connectivity index (χ0n) is 13.0. The summed E-state index contributed by atoms with van der Waals surface area (Å²) in [5.74, 6) is -0.119. The van der Waals surface area contributed by atoms with Gasteiger partial charge in [-0.05, 0) is 40.4 Å². The van der Waals surface area contributed by atoms with E-state index in [2.05, 4.69) is 32.4 Å². The summed E-state index contributed by atoms with van der Waals surface area (Å²) in [4.78, 5) is 10.9. The Kier molecular flexibility index (Phi) is 5.87. The summed E-state index contributed by atoms with van der Waals surface area (Å²) >= 11 is 0. The summed E-state index contributed by atoms with van der Waals surface area (Å²) in [6.07, 6.45) is 5.56. The average molecular weight is 270 g/mol. The maximum Gasteiger partial charge on any atom is 0.457 e. The molecule has 4 nitrogen and oxygen atoms in total. The molecule has 0 aliphatic carbocycles. The van der Waals surface area contributed by atoms with Crippen LogP contribution in [0.15, 0.2) is 0 Å². The summed E-state index contributed by atoms with van der Waals surface area (Å²) in [6.45, 7) is 8.29. The van der Waals surface area contributed by atoms with Crippen LogP contribution >= 0.6 is 0 Å². The van der Waals surface area contributed by atoms with Gasteiger partial charge in [-0.15, -0.1) is 0 Å². The second kappa shape index (κ2) is 6.75. The van der Waals surface area contributed by atoms with Gasteiger partial charge in [0, 0.05) is 6.42 Å². The molecule has 0 bridgehead atoms. The van der Waals surface area contributed by atoms with Gasteiger partial charge in [0.2, 0.25) is 0 Å². The number of hydrogen-bond acceptors (Lipinski definition) is 4. The SMILES string of the molecule is COC(=O)CCCCCCB1OC(C)(C)C(C)(C)O1. The molecule has 0 aromatic rings. The van der Waals surface area contributed by atoms with Gasteiger partial charge < -0.3 is 14.0 Å². The van der Waals surface area contributed by atoms with Gasteiger partial charge in [0.25, 0.3) is 0 Å². The second-order valence-corrected chi connectivity index (χ2v) is 6.21. The fraction of sp³-hybridized carbons (Fsp3) is 0.929. The van der Waals surface area contributed by atoms with E-state index in [0.717, 1.165) is 32.0 Å². The third kappa shape index (κ3) is 4.81. The largest absolute Gasteiger partial charge is 0.469 e. The number of rotatable bonds is 7. The minimum absolute atomic E-state index is 0.0920. The number of carbonyl (C=O) groups excluding carboxylic acids is 1. The highest BCUT2D eigenvalue weighted by Gasteiger charge is 2.50. The smallest absolute Gasteiger partial charge is 0.457 e. The molecule has 0 aromatic heterocycles. The number of carbonyl (C=O) groups is 1. The van der Waals surface area contributed by atoms with Crippen molar-refractivity contribution in [3.63, 3.8) is 0 Å². The lowest BCUT2D eigenvalue weighted by Crippen LogP contribution is -2.41. The van der Waals surface area contributed by atoms with Crippen molar-refractivity contribution in [3.8, 4) is 0 Å². The first kappa shape index (κ1) is 16.5. The zero-order chi connectivity index (χ0) is 14.5. The maximum absolute atomic E-state index is 10.9. The molecule has 0 radical (unpaired) electrons. The topological polar surface area (TPSA) is 44.8 Å². The number of unbranched alkanes of at least 4 members (excludes halogenated alkanes) is 3. The van der Waals surface area contributed by atoms with E-state index in [1.165, 1.54) is 7.11 Å². The molecule has 5 heteroatoms. The summed E-state index contributed by atoms with van der Waals surface area (Å²) in [5.41, 5.74) is -0.467. The predicted molar refractivity (Wildman–Crippen MR) is 76.0 cm³/mol. The third-order valence-corrected chi connectivity index (χ3v) is 4.10. The zero-order valence-corrected chi connectivity index (χ0v) is 13.0. The number of hydrogen-bond donors (Lipinski definition) is 0. The van der Waals surface area contributed by atoms with Crippen LogP contribution in [0.4, 0.5) is 0 Å². The van der Waals surface area contributed by atoms with Crippen molar-refractivity contribution < 1.29 is 18.8 Å². The van der Waals surface area contributed by atoms with Crippen LogP contribution in [-0.4, -0.2) is 31.4 Å². The lowest BCUT2D eigenvalue weighted by Gasteiger charge is -2.32. The van der Waals surface area contributed by atoms with Crippen LogP contribution in [0.3, 0.4) is 0 Å². The molecule has 0 spiro atoms. The lowest BCUT2D eigenvalue weighted by atomic mass is 9.82. The third-order valence-electron chi connectivity index (χ3n) is 4.10. The van der Waals surface area contributed by atoms with Crippen LogP contribution < -0.4 is 0 Å². The van der Waals surface area contributed by atoms with Crippen LogP contribution in [0.5, 0.6) is 0 Å². The monoisotopic (exact) mass is 270 g/mol. The van der Waals surface area contributed by atoms with Crippen LogP contribution in [0.25, 0.3) is 0 Å². The molecule has 0 amide bonds. The highest BCUT2D eigenvalue weighted by atomic mass is 16.7. The van der Waals surface area contributed by atoms with Crippen LogP contribution in [0.2, 0.25) is 6.32 Å². The van der Waals surface area contributed by atoms with Crippen LogP contribution in [0, 0.1) is 0 Å². The quantitative estimate of drug-likeness (QED) is 0.405. The van der Waals surface area contributed by atoms with Gasteiger partial charge in [0.15, 0.2) is 0 Å². The molecule has 1 aliphatic rings. The van der Waals surface area contributed by atoms with Crippen LogP contribution in [-0.2, 0) is 18.8 Å². The average Bonchev–Trinajstić information content (AvgIpc) is 2.51. The Labute approximate surface area is 117 Å². The van der Waals surface area contributed by atoms with E-state index in [1.807, 2.05) is 0 Å². The van der Waals surface area contributed by atoms with Gasteiger partial charge in [-0.3, -0.25) is 4.79 Å². The van der Waals surface area contributed by atoms with Crippen molar-refractivity contribution >= 4 is 13.1 Å². The van der Waals surface area contributed by atoms with Crippen LogP contribution in [0.1, 0.15) is 59.8 Å².